The van der Waals surface area contributed by atoms with E-state index in [0.29, 0.717) is 5.56 Å². The summed E-state index contributed by atoms with van der Waals surface area (Å²) < 4.78 is 0. The van der Waals surface area contributed by atoms with Gasteiger partial charge in [0.1, 0.15) is 6.10 Å². The fourth-order valence-corrected chi connectivity index (χ4v) is 4.11. The van der Waals surface area contributed by atoms with Gasteiger partial charge in [-0.3, -0.25) is 4.79 Å². The molecule has 9 heteroatoms. The van der Waals surface area contributed by atoms with E-state index in [9.17, 15) is 29.7 Å². The van der Waals surface area contributed by atoms with Crippen molar-refractivity contribution in [1.82, 2.24) is 0 Å². The van der Waals surface area contributed by atoms with Crippen LogP contribution >= 0.6 is 0 Å². The van der Waals surface area contributed by atoms with Crippen LogP contribution in [0, 0.1) is 0 Å². The predicted octanol–water partition coefficient (Wildman–Crippen LogP) is 4.28. The van der Waals surface area contributed by atoms with Gasteiger partial charge in [-0.05, 0) is 66.6 Å². The highest BCUT2D eigenvalue weighted by Crippen LogP contribution is 2.38. The minimum atomic E-state index is -1.33. The molecule has 6 N–H and O–H groups in total. The molecule has 1 aliphatic rings. The maximum absolute atomic E-state index is 13.2. The lowest BCUT2D eigenvalue weighted by Gasteiger charge is -2.29. The summed E-state index contributed by atoms with van der Waals surface area (Å²) in [5.74, 6) is -3.34. The van der Waals surface area contributed by atoms with Gasteiger partial charge < -0.3 is 31.3 Å². The number of carbonyl (C=O) groups is 3. The Morgan fingerprint density at radius 3 is 1.97 bits per heavy atom. The Hall–Kier alpha value is -4.63. The van der Waals surface area contributed by atoms with E-state index >= 15 is 0 Å². The van der Waals surface area contributed by atoms with Crippen LogP contribution in [0.4, 0.5) is 17.1 Å². The standard InChI is InChI=1S/C27H25N3O6/c1-2-28-17-7-9-18(10-8-17)29-23-14-22(24(31)21-6-4-3-5-20(21)23)25(32)30-19-12-15(26(33)34)11-16(13-19)27(35)36/h3-14,23-24,28-29,31H,2H2,1H3,(H,30,32)(H,33,34)(H,35,36). The van der Waals surface area contributed by atoms with Crippen molar-refractivity contribution >= 4 is 34.9 Å². The molecule has 0 aliphatic heterocycles. The summed E-state index contributed by atoms with van der Waals surface area (Å²) in [6.07, 6.45) is 0.386. The Morgan fingerprint density at radius 1 is 0.806 bits per heavy atom. The van der Waals surface area contributed by atoms with E-state index in [1.54, 1.807) is 18.2 Å². The largest absolute Gasteiger partial charge is 0.478 e. The molecule has 184 valence electrons. The van der Waals surface area contributed by atoms with Gasteiger partial charge in [-0.1, -0.05) is 24.3 Å². The number of carbonyl (C=O) groups excluding carboxylic acids is 1. The van der Waals surface area contributed by atoms with Gasteiger partial charge in [-0.25, -0.2) is 9.59 Å². The highest BCUT2D eigenvalue weighted by molar-refractivity contribution is 6.06. The number of carboxylic acid groups (broad SMARTS) is 2. The van der Waals surface area contributed by atoms with E-state index in [4.69, 9.17) is 0 Å². The molecule has 0 fully saturated rings. The number of nitrogens with one attached hydrogen (secondary N) is 3. The first-order chi connectivity index (χ1) is 17.3. The zero-order chi connectivity index (χ0) is 25.8. The number of aliphatic hydroxyl groups is 1. The second kappa shape index (κ2) is 10.3. The minimum Gasteiger partial charge on any atom is -0.478 e. The lowest BCUT2D eigenvalue weighted by Crippen LogP contribution is -2.26. The summed E-state index contributed by atoms with van der Waals surface area (Å²) in [6.45, 7) is 2.80. The molecular formula is C27H25N3O6. The van der Waals surface area contributed by atoms with Gasteiger partial charge in [0.15, 0.2) is 0 Å². The first kappa shape index (κ1) is 24.5. The van der Waals surface area contributed by atoms with E-state index in [0.717, 1.165) is 41.7 Å². The maximum atomic E-state index is 13.2. The zero-order valence-electron chi connectivity index (χ0n) is 19.4. The van der Waals surface area contributed by atoms with Crippen molar-refractivity contribution < 1.29 is 29.7 Å². The number of aliphatic hydroxyl groups excluding tert-OH is 1. The molecule has 0 aromatic heterocycles. The van der Waals surface area contributed by atoms with E-state index in [1.807, 2.05) is 43.3 Å². The first-order valence-corrected chi connectivity index (χ1v) is 11.3. The van der Waals surface area contributed by atoms with Crippen molar-refractivity contribution in [3.8, 4) is 0 Å². The van der Waals surface area contributed by atoms with E-state index in [1.165, 1.54) is 0 Å². The second-order valence-corrected chi connectivity index (χ2v) is 8.25. The van der Waals surface area contributed by atoms with Gasteiger partial charge in [0.2, 0.25) is 0 Å². The molecule has 3 aromatic rings. The number of amides is 1. The first-order valence-electron chi connectivity index (χ1n) is 11.3. The lowest BCUT2D eigenvalue weighted by atomic mass is 9.85. The molecule has 1 amide bonds. The number of carboxylic acids is 2. The number of anilines is 3. The van der Waals surface area contributed by atoms with E-state index in [-0.39, 0.29) is 22.4 Å². The van der Waals surface area contributed by atoms with E-state index in [2.05, 4.69) is 16.0 Å². The molecule has 0 saturated carbocycles. The molecule has 0 spiro atoms. The number of benzene rings is 3. The Balaban J connectivity index is 1.65. The zero-order valence-corrected chi connectivity index (χ0v) is 19.4. The average Bonchev–Trinajstić information content (AvgIpc) is 2.86. The van der Waals surface area contributed by atoms with Gasteiger partial charge in [0.25, 0.3) is 5.91 Å². The van der Waals surface area contributed by atoms with Crippen molar-refractivity contribution in [2.75, 3.05) is 22.5 Å². The predicted molar refractivity (Wildman–Crippen MR) is 135 cm³/mol. The fraction of sp³-hybridized carbons (Fsp3) is 0.148. The van der Waals surface area contributed by atoms with Crippen molar-refractivity contribution in [2.45, 2.75) is 19.1 Å². The topological polar surface area (TPSA) is 148 Å². The van der Waals surface area contributed by atoms with Crippen LogP contribution in [0.25, 0.3) is 0 Å². The molecular weight excluding hydrogens is 462 g/mol. The molecule has 1 aliphatic carbocycles. The second-order valence-electron chi connectivity index (χ2n) is 8.25. The summed E-state index contributed by atoms with van der Waals surface area (Å²) in [5, 5.41) is 38.7. The molecule has 9 nitrogen and oxygen atoms in total. The number of rotatable bonds is 8. The monoisotopic (exact) mass is 487 g/mol. The molecule has 36 heavy (non-hydrogen) atoms. The summed E-state index contributed by atoms with van der Waals surface area (Å²) in [5.41, 5.74) is 2.62. The van der Waals surface area contributed by atoms with Gasteiger partial charge >= 0.3 is 11.9 Å². The molecule has 2 unspecified atom stereocenters. The van der Waals surface area contributed by atoms with Crippen LogP contribution in [0.5, 0.6) is 0 Å². The van der Waals surface area contributed by atoms with Crippen molar-refractivity contribution in [3.05, 3.63) is 101 Å². The van der Waals surface area contributed by atoms with Gasteiger partial charge in [-0.2, -0.15) is 0 Å². The molecule has 4 rings (SSSR count). The summed E-state index contributed by atoms with van der Waals surface area (Å²) >= 11 is 0. The van der Waals surface area contributed by atoms with Crippen LogP contribution in [-0.4, -0.2) is 39.7 Å². The summed E-state index contributed by atoms with van der Waals surface area (Å²) in [6, 6.07) is 17.8. The smallest absolute Gasteiger partial charge is 0.335 e. The molecule has 2 atom stereocenters. The van der Waals surface area contributed by atoms with Crippen molar-refractivity contribution in [3.63, 3.8) is 0 Å². The SMILES string of the molecule is CCNc1ccc(NC2C=C(C(=O)Nc3cc(C(=O)O)cc(C(=O)O)c3)C(O)c3ccccc32)cc1. The Labute approximate surface area is 207 Å². The van der Waals surface area contributed by atoms with Gasteiger partial charge in [0.05, 0.1) is 17.2 Å². The Kier molecular flexibility index (Phi) is 7.03. The minimum absolute atomic E-state index is 0.00668. The third-order valence-corrected chi connectivity index (χ3v) is 5.80. The van der Waals surface area contributed by atoms with Gasteiger partial charge in [-0.15, -0.1) is 0 Å². The molecule has 0 saturated heterocycles. The average molecular weight is 488 g/mol. The van der Waals surface area contributed by atoms with Crippen molar-refractivity contribution in [1.29, 1.82) is 0 Å². The summed E-state index contributed by atoms with van der Waals surface area (Å²) in [4.78, 5) is 36.0. The van der Waals surface area contributed by atoms with Crippen LogP contribution in [0.2, 0.25) is 0 Å². The number of hydrogen-bond acceptors (Lipinski definition) is 6. The maximum Gasteiger partial charge on any atom is 0.335 e. The third kappa shape index (κ3) is 5.21. The number of hydrogen-bond donors (Lipinski definition) is 6. The highest BCUT2D eigenvalue weighted by Gasteiger charge is 2.31. The normalized spacial score (nSPS) is 16.3. The highest BCUT2D eigenvalue weighted by atomic mass is 16.4. The van der Waals surface area contributed by atoms with Crippen LogP contribution in [0.3, 0.4) is 0 Å². The Bertz CT molecular complexity index is 1320. The van der Waals surface area contributed by atoms with Crippen LogP contribution in [0.1, 0.15) is 50.9 Å². The Morgan fingerprint density at radius 2 is 1.39 bits per heavy atom. The van der Waals surface area contributed by atoms with Crippen LogP contribution < -0.4 is 16.0 Å². The summed E-state index contributed by atoms with van der Waals surface area (Å²) in [7, 11) is 0. The molecule has 0 radical (unpaired) electrons. The van der Waals surface area contributed by atoms with Crippen molar-refractivity contribution in [2.24, 2.45) is 0 Å². The van der Waals surface area contributed by atoms with Crippen LogP contribution in [0.15, 0.2) is 78.4 Å². The van der Waals surface area contributed by atoms with Gasteiger partial charge in [0, 0.05) is 29.2 Å². The fourth-order valence-electron chi connectivity index (χ4n) is 4.11. The lowest BCUT2D eigenvalue weighted by molar-refractivity contribution is -0.113. The molecule has 0 bridgehead atoms. The molecule has 3 aromatic carbocycles. The number of aromatic carboxylic acids is 2. The molecule has 0 heterocycles. The quantitative estimate of drug-likeness (QED) is 0.276. The third-order valence-electron chi connectivity index (χ3n) is 5.80. The van der Waals surface area contributed by atoms with E-state index < -0.39 is 30.0 Å². The number of fused-ring (bicyclic) bond motifs is 1. The van der Waals surface area contributed by atoms with Crippen LogP contribution in [-0.2, 0) is 4.79 Å².